The van der Waals surface area contributed by atoms with Gasteiger partial charge in [0.2, 0.25) is 0 Å². The molecule has 1 aliphatic heterocycles. The van der Waals surface area contributed by atoms with Crippen molar-refractivity contribution in [1.29, 1.82) is 0 Å². The molecule has 108 valence electrons. The Bertz CT molecular complexity index is 488. The Labute approximate surface area is 121 Å². The third-order valence-electron chi connectivity index (χ3n) is 5.69. The van der Waals surface area contributed by atoms with Gasteiger partial charge in [0.25, 0.3) is 0 Å². The van der Waals surface area contributed by atoms with Crippen molar-refractivity contribution >= 4 is 0 Å². The zero-order chi connectivity index (χ0) is 13.6. The summed E-state index contributed by atoms with van der Waals surface area (Å²) in [4.78, 5) is 0. The lowest BCUT2D eigenvalue weighted by molar-refractivity contribution is 0.197. The van der Waals surface area contributed by atoms with E-state index in [0.717, 1.165) is 30.7 Å². The maximum Gasteiger partial charge on any atom is 0.122 e. The first kappa shape index (κ1) is 12.7. The Morgan fingerprint density at radius 3 is 2.85 bits per heavy atom. The molecule has 3 unspecified atom stereocenters. The number of nitrogens with one attached hydrogen (secondary N) is 1. The fourth-order valence-corrected chi connectivity index (χ4v) is 4.70. The van der Waals surface area contributed by atoms with E-state index in [9.17, 15) is 0 Å². The normalized spacial score (nSPS) is 37.4. The van der Waals surface area contributed by atoms with Crippen molar-refractivity contribution in [3.05, 3.63) is 29.8 Å². The van der Waals surface area contributed by atoms with Crippen LogP contribution in [0.4, 0.5) is 0 Å². The Morgan fingerprint density at radius 1 is 1.25 bits per heavy atom. The van der Waals surface area contributed by atoms with Crippen LogP contribution in [0.5, 0.6) is 5.75 Å². The molecular formula is C18H25NO. The number of hydrogen-bond acceptors (Lipinski definition) is 2. The van der Waals surface area contributed by atoms with Crippen LogP contribution < -0.4 is 10.1 Å². The molecule has 0 bridgehead atoms. The third-order valence-corrected chi connectivity index (χ3v) is 5.69. The summed E-state index contributed by atoms with van der Waals surface area (Å²) >= 11 is 0. The van der Waals surface area contributed by atoms with Crippen LogP contribution >= 0.6 is 0 Å². The van der Waals surface area contributed by atoms with Crippen LogP contribution in [-0.4, -0.2) is 19.7 Å². The maximum absolute atomic E-state index is 5.89. The second-order valence-corrected chi connectivity index (χ2v) is 7.19. The van der Waals surface area contributed by atoms with Gasteiger partial charge in [-0.25, -0.2) is 0 Å². The summed E-state index contributed by atoms with van der Waals surface area (Å²) in [6, 6.07) is 8.63. The van der Waals surface area contributed by atoms with Crippen molar-refractivity contribution < 1.29 is 4.74 Å². The molecule has 4 rings (SSSR count). The smallest absolute Gasteiger partial charge is 0.122 e. The summed E-state index contributed by atoms with van der Waals surface area (Å²) in [5.41, 5.74) is 1.98. The van der Waals surface area contributed by atoms with Gasteiger partial charge >= 0.3 is 0 Å². The fraction of sp³-hybridized carbons (Fsp3) is 0.667. The van der Waals surface area contributed by atoms with Crippen LogP contribution in [0, 0.1) is 17.3 Å². The van der Waals surface area contributed by atoms with Crippen LogP contribution in [0.1, 0.15) is 44.1 Å². The molecule has 1 N–H and O–H groups in total. The predicted octanol–water partition coefficient (Wildman–Crippen LogP) is 3.58. The molecule has 2 aliphatic carbocycles. The molecule has 2 heteroatoms. The molecule has 2 saturated carbocycles. The van der Waals surface area contributed by atoms with E-state index < -0.39 is 0 Å². The van der Waals surface area contributed by atoms with Crippen LogP contribution in [0.15, 0.2) is 24.3 Å². The Hall–Kier alpha value is -1.02. The van der Waals surface area contributed by atoms with Crippen molar-refractivity contribution in [2.75, 3.05) is 19.7 Å². The van der Waals surface area contributed by atoms with Crippen LogP contribution in [-0.2, 0) is 0 Å². The lowest BCUT2D eigenvalue weighted by Crippen LogP contribution is -2.35. The number of para-hydroxylation sites is 1. The fourth-order valence-electron chi connectivity index (χ4n) is 4.70. The highest BCUT2D eigenvalue weighted by Crippen LogP contribution is 2.62. The van der Waals surface area contributed by atoms with Gasteiger partial charge in [0.1, 0.15) is 5.75 Å². The van der Waals surface area contributed by atoms with Gasteiger partial charge in [0.15, 0.2) is 0 Å². The molecule has 0 aromatic heterocycles. The molecule has 3 aliphatic rings. The predicted molar refractivity (Wildman–Crippen MR) is 81.1 cm³/mol. The molecule has 0 amide bonds. The second kappa shape index (κ2) is 4.77. The first-order chi connectivity index (χ1) is 9.80. The van der Waals surface area contributed by atoms with Gasteiger partial charge < -0.3 is 10.1 Å². The highest BCUT2D eigenvalue weighted by molar-refractivity contribution is 5.39. The van der Waals surface area contributed by atoms with Crippen molar-refractivity contribution in [2.24, 2.45) is 17.3 Å². The molecule has 0 spiro atoms. The Morgan fingerprint density at radius 2 is 2.05 bits per heavy atom. The van der Waals surface area contributed by atoms with E-state index in [-0.39, 0.29) is 0 Å². The molecular weight excluding hydrogens is 246 g/mol. The van der Waals surface area contributed by atoms with Gasteiger partial charge in [-0.1, -0.05) is 25.1 Å². The maximum atomic E-state index is 5.89. The van der Waals surface area contributed by atoms with Crippen LogP contribution in [0.25, 0.3) is 0 Å². The van der Waals surface area contributed by atoms with Crippen molar-refractivity contribution in [2.45, 2.75) is 38.5 Å². The van der Waals surface area contributed by atoms with Gasteiger partial charge in [0, 0.05) is 18.0 Å². The molecule has 2 fully saturated rings. The lowest BCUT2D eigenvalue weighted by Gasteiger charge is -2.33. The zero-order valence-electron chi connectivity index (χ0n) is 12.4. The number of fused-ring (bicyclic) bond motifs is 2. The first-order valence-corrected chi connectivity index (χ1v) is 8.22. The highest BCUT2D eigenvalue weighted by atomic mass is 16.5. The largest absolute Gasteiger partial charge is 0.493 e. The van der Waals surface area contributed by atoms with Gasteiger partial charge in [0.05, 0.1) is 6.61 Å². The summed E-state index contributed by atoms with van der Waals surface area (Å²) in [5.74, 6) is 3.83. The summed E-state index contributed by atoms with van der Waals surface area (Å²) in [6.07, 6.45) is 5.71. The van der Waals surface area contributed by atoms with E-state index in [1.54, 1.807) is 0 Å². The quantitative estimate of drug-likeness (QED) is 0.884. The first-order valence-electron chi connectivity index (χ1n) is 8.22. The van der Waals surface area contributed by atoms with Gasteiger partial charge in [-0.2, -0.15) is 0 Å². The number of benzene rings is 1. The molecule has 1 heterocycles. The van der Waals surface area contributed by atoms with Crippen LogP contribution in [0.3, 0.4) is 0 Å². The molecule has 20 heavy (non-hydrogen) atoms. The van der Waals surface area contributed by atoms with Gasteiger partial charge in [-0.3, -0.25) is 0 Å². The average molecular weight is 271 g/mol. The summed E-state index contributed by atoms with van der Waals surface area (Å²) in [6.45, 7) is 5.41. The molecule has 0 saturated heterocycles. The summed E-state index contributed by atoms with van der Waals surface area (Å²) < 4.78 is 5.89. The molecule has 0 radical (unpaired) electrons. The van der Waals surface area contributed by atoms with E-state index in [0.29, 0.717) is 11.3 Å². The Kier molecular flexibility index (Phi) is 3.03. The minimum absolute atomic E-state index is 0.537. The van der Waals surface area contributed by atoms with Crippen molar-refractivity contribution in [3.63, 3.8) is 0 Å². The Balaban J connectivity index is 1.51. The number of hydrogen-bond donors (Lipinski definition) is 1. The third kappa shape index (κ3) is 2.14. The lowest BCUT2D eigenvalue weighted by atomic mass is 9.74. The second-order valence-electron chi connectivity index (χ2n) is 7.19. The van der Waals surface area contributed by atoms with E-state index in [2.05, 4.69) is 36.5 Å². The van der Waals surface area contributed by atoms with E-state index in [1.165, 1.54) is 37.8 Å². The van der Waals surface area contributed by atoms with E-state index in [4.69, 9.17) is 4.74 Å². The SMILES string of the molecule is CCNCC1(CC2COc3ccccc32)CC2CC2C1. The van der Waals surface area contributed by atoms with Gasteiger partial charge in [-0.05, 0) is 55.5 Å². The number of rotatable bonds is 5. The van der Waals surface area contributed by atoms with Gasteiger partial charge in [-0.15, -0.1) is 0 Å². The standard InChI is InChI=1S/C18H25NO/c1-2-19-12-18(8-13-7-14(13)9-18)10-15-11-20-17-6-4-3-5-16(15)17/h3-6,13-15,19H,2,7-12H2,1H3. The topological polar surface area (TPSA) is 21.3 Å². The van der Waals surface area contributed by atoms with Crippen molar-refractivity contribution in [3.8, 4) is 5.75 Å². The average Bonchev–Trinajstić information content (AvgIpc) is 2.92. The molecule has 3 atom stereocenters. The molecule has 1 aromatic rings. The zero-order valence-corrected chi connectivity index (χ0v) is 12.4. The van der Waals surface area contributed by atoms with E-state index >= 15 is 0 Å². The monoisotopic (exact) mass is 271 g/mol. The molecule has 1 aromatic carbocycles. The van der Waals surface area contributed by atoms with Crippen molar-refractivity contribution in [1.82, 2.24) is 5.32 Å². The summed E-state index contributed by atoms with van der Waals surface area (Å²) in [7, 11) is 0. The summed E-state index contributed by atoms with van der Waals surface area (Å²) in [5, 5.41) is 3.63. The minimum Gasteiger partial charge on any atom is -0.493 e. The van der Waals surface area contributed by atoms with Crippen LogP contribution in [0.2, 0.25) is 0 Å². The minimum atomic E-state index is 0.537. The van der Waals surface area contributed by atoms with E-state index in [1.807, 2.05) is 0 Å². The highest BCUT2D eigenvalue weighted by Gasteiger charge is 2.54. The number of ether oxygens (including phenoxy) is 1. The molecule has 2 nitrogen and oxygen atoms in total.